The summed E-state index contributed by atoms with van der Waals surface area (Å²) in [6.45, 7) is 0. The van der Waals surface area contributed by atoms with Gasteiger partial charge in [0.05, 0.1) is 36.7 Å². The molecule has 3 heterocycles. The van der Waals surface area contributed by atoms with Crippen LogP contribution in [0.15, 0.2) is 85.2 Å². The van der Waals surface area contributed by atoms with Crippen LogP contribution >= 0.6 is 23.8 Å². The van der Waals surface area contributed by atoms with Gasteiger partial charge in [0.15, 0.2) is 5.11 Å². The smallest absolute Gasteiger partial charge is 0.174 e. The number of anilines is 1. The zero-order valence-corrected chi connectivity index (χ0v) is 20.3. The van der Waals surface area contributed by atoms with Crippen molar-refractivity contribution >= 4 is 34.6 Å². The lowest BCUT2D eigenvalue weighted by molar-refractivity contribution is 0.412. The average molecular weight is 491 g/mol. The van der Waals surface area contributed by atoms with E-state index in [9.17, 15) is 0 Å². The molecule has 34 heavy (non-hydrogen) atoms. The van der Waals surface area contributed by atoms with Crippen molar-refractivity contribution in [3.05, 3.63) is 102 Å². The first kappa shape index (κ1) is 22.3. The van der Waals surface area contributed by atoms with E-state index in [1.165, 1.54) is 0 Å². The molecule has 2 atom stereocenters. The molecule has 8 heteroatoms. The number of ether oxygens (including phenoxy) is 2. The van der Waals surface area contributed by atoms with E-state index in [4.69, 9.17) is 33.3 Å². The van der Waals surface area contributed by atoms with Crippen LogP contribution in [0.4, 0.5) is 5.69 Å². The van der Waals surface area contributed by atoms with Crippen molar-refractivity contribution in [3.63, 3.8) is 0 Å². The number of aromatic nitrogens is 2. The first-order chi connectivity index (χ1) is 16.6. The highest BCUT2D eigenvalue weighted by Gasteiger charge is 2.42. The number of rotatable bonds is 6. The molecule has 2 unspecified atom stereocenters. The number of para-hydroxylation sites is 2. The lowest BCUT2D eigenvalue weighted by Gasteiger charge is -2.29. The SMILES string of the molecule is COc1ccc(N2C(=S)NC(c3ccccn3)C2c2cccn2-c2ccccc2OC)cc1Cl. The number of thiocarbonyl (C=S) groups is 1. The molecule has 0 spiro atoms. The summed E-state index contributed by atoms with van der Waals surface area (Å²) < 4.78 is 13.1. The van der Waals surface area contributed by atoms with Gasteiger partial charge in [0, 0.05) is 23.8 Å². The van der Waals surface area contributed by atoms with Gasteiger partial charge in [-0.25, -0.2) is 0 Å². The van der Waals surface area contributed by atoms with Crippen molar-refractivity contribution in [2.45, 2.75) is 12.1 Å². The Hall–Kier alpha value is -3.55. The Bertz CT molecular complexity index is 1330. The summed E-state index contributed by atoms with van der Waals surface area (Å²) in [5.74, 6) is 1.39. The molecule has 1 N–H and O–H groups in total. The Kier molecular flexibility index (Phi) is 6.13. The van der Waals surface area contributed by atoms with Gasteiger partial charge in [-0.2, -0.15) is 0 Å². The molecular weight excluding hydrogens is 468 g/mol. The predicted molar refractivity (Wildman–Crippen MR) is 138 cm³/mol. The summed E-state index contributed by atoms with van der Waals surface area (Å²) in [6.07, 6.45) is 3.83. The van der Waals surface area contributed by atoms with Crippen LogP contribution in [0, 0.1) is 0 Å². The van der Waals surface area contributed by atoms with Gasteiger partial charge in [0.25, 0.3) is 0 Å². The molecule has 2 aromatic carbocycles. The molecular formula is C26H23ClN4O2S. The standard InChI is InChI=1S/C26H23ClN4O2S/c1-32-22-13-12-17(16-18(22)27)31-25(24(29-26(31)34)19-8-5-6-14-28-19)21-10-7-15-30(21)20-9-3-4-11-23(20)33-2/h3-16,24-25H,1-2H3,(H,29,34). The summed E-state index contributed by atoms with van der Waals surface area (Å²) in [7, 11) is 3.28. The van der Waals surface area contributed by atoms with Gasteiger partial charge in [-0.3, -0.25) is 4.98 Å². The molecule has 1 aliphatic heterocycles. The summed E-state index contributed by atoms with van der Waals surface area (Å²) in [5, 5.41) is 4.60. The van der Waals surface area contributed by atoms with Crippen LogP contribution in [0.2, 0.25) is 5.02 Å². The second kappa shape index (κ2) is 9.37. The highest BCUT2D eigenvalue weighted by molar-refractivity contribution is 7.80. The maximum absolute atomic E-state index is 6.50. The molecule has 1 fully saturated rings. The lowest BCUT2D eigenvalue weighted by Crippen LogP contribution is -2.30. The van der Waals surface area contributed by atoms with Gasteiger partial charge in [-0.15, -0.1) is 0 Å². The van der Waals surface area contributed by atoms with E-state index in [2.05, 4.69) is 25.8 Å². The van der Waals surface area contributed by atoms with Crippen molar-refractivity contribution < 1.29 is 9.47 Å². The van der Waals surface area contributed by atoms with Crippen LogP contribution in [0.25, 0.3) is 5.69 Å². The number of methoxy groups -OCH3 is 2. The van der Waals surface area contributed by atoms with Crippen LogP contribution in [-0.4, -0.2) is 28.9 Å². The fourth-order valence-electron chi connectivity index (χ4n) is 4.42. The molecule has 1 saturated heterocycles. The maximum atomic E-state index is 6.50. The first-order valence-corrected chi connectivity index (χ1v) is 11.6. The third kappa shape index (κ3) is 3.87. The molecule has 1 aliphatic rings. The van der Waals surface area contributed by atoms with Crippen LogP contribution in [0.3, 0.4) is 0 Å². The topological polar surface area (TPSA) is 51.5 Å². The molecule has 0 amide bonds. The average Bonchev–Trinajstić information content (AvgIpc) is 3.48. The quantitative estimate of drug-likeness (QED) is 0.349. The molecule has 0 saturated carbocycles. The van der Waals surface area contributed by atoms with Crippen LogP contribution in [-0.2, 0) is 0 Å². The highest BCUT2D eigenvalue weighted by atomic mass is 35.5. The minimum Gasteiger partial charge on any atom is -0.495 e. The van der Waals surface area contributed by atoms with Crippen LogP contribution < -0.4 is 19.7 Å². The van der Waals surface area contributed by atoms with Gasteiger partial charge < -0.3 is 24.3 Å². The monoisotopic (exact) mass is 490 g/mol. The first-order valence-electron chi connectivity index (χ1n) is 10.8. The van der Waals surface area contributed by atoms with E-state index in [1.807, 2.05) is 72.9 Å². The molecule has 4 aromatic rings. The van der Waals surface area contributed by atoms with Crippen molar-refractivity contribution in [1.82, 2.24) is 14.9 Å². The van der Waals surface area contributed by atoms with E-state index < -0.39 is 0 Å². The molecule has 6 nitrogen and oxygen atoms in total. The largest absolute Gasteiger partial charge is 0.495 e. The Morgan fingerprint density at radius 2 is 1.74 bits per heavy atom. The molecule has 0 bridgehead atoms. The number of hydrogen-bond acceptors (Lipinski definition) is 4. The second-order valence-corrected chi connectivity index (χ2v) is 8.58. The zero-order valence-electron chi connectivity index (χ0n) is 18.7. The van der Waals surface area contributed by atoms with Crippen LogP contribution in [0.5, 0.6) is 11.5 Å². The van der Waals surface area contributed by atoms with Gasteiger partial charge in [0.2, 0.25) is 0 Å². The summed E-state index contributed by atoms with van der Waals surface area (Å²) in [6, 6.07) is 23.3. The van der Waals surface area contributed by atoms with E-state index in [0.717, 1.165) is 28.5 Å². The number of hydrogen-bond donors (Lipinski definition) is 1. The third-order valence-electron chi connectivity index (χ3n) is 5.94. The molecule has 0 radical (unpaired) electrons. The minimum absolute atomic E-state index is 0.182. The molecule has 172 valence electrons. The van der Waals surface area contributed by atoms with Gasteiger partial charge >= 0.3 is 0 Å². The number of pyridine rings is 1. The summed E-state index contributed by atoms with van der Waals surface area (Å²) in [4.78, 5) is 6.72. The van der Waals surface area contributed by atoms with E-state index >= 15 is 0 Å². The Morgan fingerprint density at radius 1 is 0.941 bits per heavy atom. The molecule has 0 aliphatic carbocycles. The maximum Gasteiger partial charge on any atom is 0.174 e. The number of nitrogens with one attached hydrogen (secondary N) is 1. The number of nitrogens with zero attached hydrogens (tertiary/aromatic N) is 3. The predicted octanol–water partition coefficient (Wildman–Crippen LogP) is 5.72. The van der Waals surface area contributed by atoms with E-state index in [0.29, 0.717) is 15.9 Å². The molecule has 2 aromatic heterocycles. The summed E-state index contributed by atoms with van der Waals surface area (Å²) >= 11 is 12.3. The van der Waals surface area contributed by atoms with E-state index in [1.54, 1.807) is 20.4 Å². The van der Waals surface area contributed by atoms with Crippen molar-refractivity contribution in [2.75, 3.05) is 19.1 Å². The zero-order chi connectivity index (χ0) is 23.7. The fraction of sp³-hybridized carbons (Fsp3) is 0.154. The van der Waals surface area contributed by atoms with Crippen molar-refractivity contribution in [2.24, 2.45) is 0 Å². The van der Waals surface area contributed by atoms with Gasteiger partial charge in [-0.1, -0.05) is 29.8 Å². The normalized spacial score (nSPS) is 17.5. The summed E-state index contributed by atoms with van der Waals surface area (Å²) in [5.41, 5.74) is 3.72. The van der Waals surface area contributed by atoms with Gasteiger partial charge in [-0.05, 0) is 66.8 Å². The second-order valence-electron chi connectivity index (χ2n) is 7.79. The number of benzene rings is 2. The van der Waals surface area contributed by atoms with Crippen molar-refractivity contribution in [1.29, 1.82) is 0 Å². The Labute approximate surface area is 208 Å². The highest BCUT2D eigenvalue weighted by Crippen LogP contribution is 2.44. The Morgan fingerprint density at radius 3 is 2.47 bits per heavy atom. The number of halogens is 1. The molecule has 5 rings (SSSR count). The minimum atomic E-state index is -0.202. The Balaban J connectivity index is 1.68. The van der Waals surface area contributed by atoms with E-state index in [-0.39, 0.29) is 12.1 Å². The fourth-order valence-corrected chi connectivity index (χ4v) is 5.02. The van der Waals surface area contributed by atoms with Crippen LogP contribution in [0.1, 0.15) is 23.5 Å². The third-order valence-corrected chi connectivity index (χ3v) is 6.55. The lowest BCUT2D eigenvalue weighted by atomic mass is 10.0. The van der Waals surface area contributed by atoms with Gasteiger partial charge in [0.1, 0.15) is 17.5 Å². The van der Waals surface area contributed by atoms with Crippen molar-refractivity contribution in [3.8, 4) is 17.2 Å².